The van der Waals surface area contributed by atoms with Gasteiger partial charge in [-0.05, 0) is 29.3 Å². The Balaban J connectivity index is 2.51. The number of ether oxygens (including phenoxy) is 1. The highest BCUT2D eigenvalue weighted by Crippen LogP contribution is 2.24. The largest absolute Gasteiger partial charge is 0.494 e. The second-order valence-corrected chi connectivity index (χ2v) is 3.26. The van der Waals surface area contributed by atoms with Crippen LogP contribution in [0.3, 0.4) is 0 Å². The highest BCUT2D eigenvalue weighted by Gasteiger charge is 2.13. The van der Waals surface area contributed by atoms with Gasteiger partial charge in [0.2, 0.25) is 5.91 Å². The number of fused-ring (bicyclic) bond motifs is 1. The fourth-order valence-electron chi connectivity index (χ4n) is 1.52. The molecule has 0 aromatic heterocycles. The van der Waals surface area contributed by atoms with Crippen LogP contribution < -0.4 is 10.1 Å². The lowest BCUT2D eigenvalue weighted by atomic mass is 10.0. The first kappa shape index (κ1) is 9.71. The van der Waals surface area contributed by atoms with Gasteiger partial charge in [0, 0.05) is 6.20 Å². The van der Waals surface area contributed by atoms with Gasteiger partial charge >= 0.3 is 0 Å². The van der Waals surface area contributed by atoms with Crippen LogP contribution >= 0.6 is 0 Å². The van der Waals surface area contributed by atoms with Crippen LogP contribution in [-0.4, -0.2) is 13.0 Å². The number of methoxy groups -OCH3 is 1. The van der Waals surface area contributed by atoms with Crippen molar-refractivity contribution >= 4 is 12.0 Å². The van der Waals surface area contributed by atoms with E-state index in [1.165, 1.54) is 13.2 Å². The molecule has 1 N–H and O–H groups in total. The van der Waals surface area contributed by atoms with Gasteiger partial charge in [-0.2, -0.15) is 0 Å². The molecular weight excluding hydrogens is 197 g/mol. The van der Waals surface area contributed by atoms with Gasteiger partial charge < -0.3 is 10.1 Å². The maximum Gasteiger partial charge on any atom is 0.228 e. The Labute approximate surface area is 86.6 Å². The second kappa shape index (κ2) is 3.73. The number of rotatable bonds is 1. The van der Waals surface area contributed by atoms with Crippen molar-refractivity contribution in [3.63, 3.8) is 0 Å². The zero-order valence-corrected chi connectivity index (χ0v) is 8.21. The average Bonchev–Trinajstić information content (AvgIpc) is 2.37. The molecule has 1 aromatic rings. The molecular formula is C11H10FNO2. The summed E-state index contributed by atoms with van der Waals surface area (Å²) in [6, 6.07) is 2.92. The molecule has 0 bridgehead atoms. The monoisotopic (exact) mass is 207 g/mol. The first-order chi connectivity index (χ1) is 7.20. The highest BCUT2D eigenvalue weighted by molar-refractivity contribution is 5.83. The van der Waals surface area contributed by atoms with E-state index in [4.69, 9.17) is 4.74 Å². The molecule has 0 unspecified atom stereocenters. The van der Waals surface area contributed by atoms with Crippen molar-refractivity contribution in [2.45, 2.75) is 6.42 Å². The van der Waals surface area contributed by atoms with E-state index in [0.29, 0.717) is 5.56 Å². The predicted molar refractivity (Wildman–Crippen MR) is 53.8 cm³/mol. The van der Waals surface area contributed by atoms with Crippen molar-refractivity contribution in [3.05, 3.63) is 35.3 Å². The summed E-state index contributed by atoms with van der Waals surface area (Å²) in [6.45, 7) is 0. The number of nitrogens with one attached hydrogen (secondary N) is 1. The molecule has 1 aliphatic rings. The first-order valence-electron chi connectivity index (χ1n) is 4.53. The van der Waals surface area contributed by atoms with Gasteiger partial charge in [0.25, 0.3) is 0 Å². The number of carbonyl (C=O) groups excluding carboxylic acids is 1. The van der Waals surface area contributed by atoms with Crippen molar-refractivity contribution in [2.24, 2.45) is 0 Å². The summed E-state index contributed by atoms with van der Waals surface area (Å²) < 4.78 is 18.2. The summed E-state index contributed by atoms with van der Waals surface area (Å²) in [4.78, 5) is 11.2. The zero-order valence-electron chi connectivity index (χ0n) is 8.21. The maximum absolute atomic E-state index is 13.4. The Morgan fingerprint density at radius 2 is 2.27 bits per heavy atom. The Morgan fingerprint density at radius 1 is 1.47 bits per heavy atom. The predicted octanol–water partition coefficient (Wildman–Crippen LogP) is 1.48. The molecule has 0 atom stereocenters. The van der Waals surface area contributed by atoms with Gasteiger partial charge in [0.1, 0.15) is 0 Å². The van der Waals surface area contributed by atoms with Gasteiger partial charge in [-0.3, -0.25) is 4.79 Å². The summed E-state index contributed by atoms with van der Waals surface area (Å²) in [6.07, 6.45) is 3.46. The van der Waals surface area contributed by atoms with Crippen molar-refractivity contribution in [3.8, 4) is 5.75 Å². The minimum Gasteiger partial charge on any atom is -0.494 e. The number of amides is 1. The molecule has 0 saturated carbocycles. The number of hydrogen-bond donors (Lipinski definition) is 1. The third kappa shape index (κ3) is 1.83. The molecule has 1 amide bonds. The van der Waals surface area contributed by atoms with E-state index in [0.717, 1.165) is 5.56 Å². The number of halogens is 1. The normalized spacial score (nSPS) is 14.1. The van der Waals surface area contributed by atoms with Gasteiger partial charge in [-0.1, -0.05) is 0 Å². The minimum absolute atomic E-state index is 0.144. The smallest absolute Gasteiger partial charge is 0.228 e. The fourth-order valence-corrected chi connectivity index (χ4v) is 1.52. The molecule has 78 valence electrons. The molecule has 1 heterocycles. The van der Waals surface area contributed by atoms with Crippen LogP contribution in [0.15, 0.2) is 18.3 Å². The zero-order chi connectivity index (χ0) is 10.8. The number of carbonyl (C=O) groups is 1. The van der Waals surface area contributed by atoms with Crippen LogP contribution in [0.5, 0.6) is 5.75 Å². The molecule has 2 rings (SSSR count). The Kier molecular flexibility index (Phi) is 2.41. The summed E-state index contributed by atoms with van der Waals surface area (Å²) in [7, 11) is 1.41. The molecule has 0 aliphatic carbocycles. The molecule has 1 aromatic carbocycles. The third-order valence-electron chi connectivity index (χ3n) is 2.27. The van der Waals surface area contributed by atoms with Gasteiger partial charge in [0.15, 0.2) is 11.6 Å². The first-order valence-corrected chi connectivity index (χ1v) is 4.53. The van der Waals surface area contributed by atoms with E-state index < -0.39 is 5.82 Å². The summed E-state index contributed by atoms with van der Waals surface area (Å²) in [5.74, 6) is -0.401. The molecule has 1 aliphatic heterocycles. The van der Waals surface area contributed by atoms with Gasteiger partial charge in [-0.15, -0.1) is 0 Å². The van der Waals surface area contributed by atoms with Crippen molar-refractivity contribution in [1.82, 2.24) is 5.32 Å². The third-order valence-corrected chi connectivity index (χ3v) is 2.27. The molecule has 4 heteroatoms. The SMILES string of the molecule is COc1cc2c(cc1F)CC(=O)NC=C2. The Bertz CT molecular complexity index is 440. The molecule has 15 heavy (non-hydrogen) atoms. The topological polar surface area (TPSA) is 38.3 Å². The minimum atomic E-state index is -0.445. The highest BCUT2D eigenvalue weighted by atomic mass is 19.1. The van der Waals surface area contributed by atoms with Crippen molar-refractivity contribution < 1.29 is 13.9 Å². The summed E-state index contributed by atoms with van der Waals surface area (Å²) >= 11 is 0. The summed E-state index contributed by atoms with van der Waals surface area (Å²) in [5.41, 5.74) is 1.46. The fraction of sp³-hybridized carbons (Fsp3) is 0.182. The van der Waals surface area contributed by atoms with E-state index in [2.05, 4.69) is 5.32 Å². The maximum atomic E-state index is 13.4. The Hall–Kier alpha value is -1.84. The van der Waals surface area contributed by atoms with E-state index >= 15 is 0 Å². The van der Waals surface area contributed by atoms with E-state index in [1.54, 1.807) is 18.3 Å². The quantitative estimate of drug-likeness (QED) is 0.757. The summed E-state index contributed by atoms with van der Waals surface area (Å²) in [5, 5.41) is 2.57. The molecule has 0 radical (unpaired) electrons. The van der Waals surface area contributed by atoms with Crippen LogP contribution in [0.1, 0.15) is 11.1 Å². The van der Waals surface area contributed by atoms with E-state index in [1.807, 2.05) is 0 Å². The molecule has 3 nitrogen and oxygen atoms in total. The lowest BCUT2D eigenvalue weighted by Crippen LogP contribution is -2.17. The van der Waals surface area contributed by atoms with Gasteiger partial charge in [-0.25, -0.2) is 4.39 Å². The van der Waals surface area contributed by atoms with Crippen molar-refractivity contribution in [1.29, 1.82) is 0 Å². The van der Waals surface area contributed by atoms with Crippen LogP contribution in [0.4, 0.5) is 4.39 Å². The molecule has 0 saturated heterocycles. The lowest BCUT2D eigenvalue weighted by molar-refractivity contribution is -0.119. The van der Waals surface area contributed by atoms with Crippen LogP contribution in [0.2, 0.25) is 0 Å². The number of benzene rings is 1. The lowest BCUT2D eigenvalue weighted by Gasteiger charge is -2.07. The van der Waals surface area contributed by atoms with Crippen LogP contribution in [-0.2, 0) is 11.2 Å². The molecule has 0 fully saturated rings. The molecule has 0 spiro atoms. The van der Waals surface area contributed by atoms with Crippen LogP contribution in [0, 0.1) is 5.82 Å². The van der Waals surface area contributed by atoms with E-state index in [-0.39, 0.29) is 18.1 Å². The van der Waals surface area contributed by atoms with Crippen LogP contribution in [0.25, 0.3) is 6.08 Å². The standard InChI is InChI=1S/C11H10FNO2/c1-15-10-5-7-2-3-13-11(14)6-8(7)4-9(10)12/h2-5H,6H2,1H3,(H,13,14). The number of hydrogen-bond acceptors (Lipinski definition) is 2. The second-order valence-electron chi connectivity index (χ2n) is 3.26. The van der Waals surface area contributed by atoms with E-state index in [9.17, 15) is 9.18 Å². The Morgan fingerprint density at radius 3 is 3.00 bits per heavy atom. The van der Waals surface area contributed by atoms with Gasteiger partial charge in [0.05, 0.1) is 13.5 Å². The average molecular weight is 207 g/mol. The van der Waals surface area contributed by atoms with Crippen molar-refractivity contribution in [2.75, 3.05) is 7.11 Å².